The summed E-state index contributed by atoms with van der Waals surface area (Å²) in [6, 6.07) is 19.3. The average Bonchev–Trinajstić information content (AvgIpc) is 2.93. The van der Waals surface area contributed by atoms with Gasteiger partial charge in [0, 0.05) is 0 Å². The van der Waals surface area contributed by atoms with Crippen molar-refractivity contribution in [3.63, 3.8) is 0 Å². The summed E-state index contributed by atoms with van der Waals surface area (Å²) < 4.78 is 0. The first kappa shape index (κ1) is 18.0. The SMILES string of the molecule is CC(C[Si](C)(Cl)Cl)c1cc[cH-]c1.[Fe+2].c1cc[cH-]c1. The number of hydrogen-bond acceptors (Lipinski definition) is 0. The van der Waals surface area contributed by atoms with Crippen molar-refractivity contribution in [2.24, 2.45) is 0 Å². The second-order valence-electron chi connectivity index (χ2n) is 4.36. The molecule has 0 aliphatic heterocycles. The Morgan fingerprint density at radius 1 is 1.17 bits per heavy atom. The molecular weight excluding hydrogens is 323 g/mol. The molecule has 2 aromatic carbocycles. The van der Waals surface area contributed by atoms with Gasteiger partial charge in [-0.1, -0.05) is 12.8 Å². The fourth-order valence-electron chi connectivity index (χ4n) is 1.69. The maximum atomic E-state index is 6.05. The molecule has 0 bridgehead atoms. The van der Waals surface area contributed by atoms with Crippen molar-refractivity contribution in [2.75, 3.05) is 0 Å². The van der Waals surface area contributed by atoms with Gasteiger partial charge < -0.3 is 0 Å². The molecule has 0 aliphatic rings. The molecule has 0 aromatic heterocycles. The van der Waals surface area contributed by atoms with Crippen LogP contribution in [0.1, 0.15) is 18.4 Å². The molecule has 0 spiro atoms. The second-order valence-corrected chi connectivity index (χ2v) is 12.5. The van der Waals surface area contributed by atoms with E-state index in [0.29, 0.717) is 5.92 Å². The van der Waals surface area contributed by atoms with E-state index in [4.69, 9.17) is 22.2 Å². The second kappa shape index (κ2) is 9.01. The van der Waals surface area contributed by atoms with E-state index in [1.165, 1.54) is 5.56 Å². The molecule has 0 N–H and O–H groups in total. The molecule has 0 amide bonds. The first-order valence-corrected chi connectivity index (χ1v) is 10.5. The minimum atomic E-state index is -1.93. The standard InChI is InChI=1S/C9H13Cl2Si.C5H5.Fe/c1-8(7-12(2,10)11)9-5-3-4-6-9;1-2-4-5-3-1;/h3-6,8H,7H2,1-2H3;1-5H;/q2*-1;+2. The zero-order chi connectivity index (χ0) is 12.7. The molecule has 1 unspecified atom stereocenters. The Balaban J connectivity index is 0.000000405. The van der Waals surface area contributed by atoms with Gasteiger partial charge in [0.1, 0.15) is 0 Å². The van der Waals surface area contributed by atoms with Crippen LogP contribution in [-0.2, 0) is 17.1 Å². The molecule has 2 aromatic rings. The maximum Gasteiger partial charge on any atom is 2.00 e. The third-order valence-corrected chi connectivity index (χ3v) is 4.73. The van der Waals surface area contributed by atoms with Gasteiger partial charge in [0.05, 0.1) is 0 Å². The quantitative estimate of drug-likeness (QED) is 0.395. The van der Waals surface area contributed by atoms with Gasteiger partial charge in [-0.15, -0.1) is 22.2 Å². The van der Waals surface area contributed by atoms with Gasteiger partial charge in [-0.2, -0.15) is 42.0 Å². The summed E-state index contributed by atoms with van der Waals surface area (Å²) in [5.41, 5.74) is 1.34. The average molecular weight is 341 g/mol. The molecule has 0 saturated heterocycles. The van der Waals surface area contributed by atoms with Gasteiger partial charge >= 0.3 is 17.1 Å². The fraction of sp³-hybridized carbons (Fsp3) is 0.286. The van der Waals surface area contributed by atoms with E-state index >= 15 is 0 Å². The molecule has 0 fully saturated rings. The summed E-state index contributed by atoms with van der Waals surface area (Å²) in [6.45, 7) is 2.21. The minimum absolute atomic E-state index is 0. The summed E-state index contributed by atoms with van der Waals surface area (Å²) in [7, 11) is 0. The Kier molecular flexibility index (Phi) is 9.01. The van der Waals surface area contributed by atoms with Crippen LogP contribution in [-0.4, -0.2) is 6.69 Å². The van der Waals surface area contributed by atoms with Gasteiger partial charge in [-0.3, -0.25) is 0 Å². The molecule has 0 radical (unpaired) electrons. The van der Waals surface area contributed by atoms with Crippen LogP contribution in [0.4, 0.5) is 0 Å². The van der Waals surface area contributed by atoms with Gasteiger partial charge in [-0.25, -0.2) is 18.2 Å². The molecule has 0 nitrogen and oxygen atoms in total. The predicted octanol–water partition coefficient (Wildman–Crippen LogP) is 5.46. The summed E-state index contributed by atoms with van der Waals surface area (Å²) in [5, 5.41) is 0. The van der Waals surface area contributed by atoms with E-state index in [2.05, 4.69) is 19.1 Å². The van der Waals surface area contributed by atoms with Crippen molar-refractivity contribution in [1.29, 1.82) is 0 Å². The van der Waals surface area contributed by atoms with Crippen LogP contribution in [0.25, 0.3) is 0 Å². The van der Waals surface area contributed by atoms with Crippen molar-refractivity contribution >= 4 is 28.9 Å². The Bertz CT molecular complexity index is 359. The molecule has 2 rings (SSSR count). The third kappa shape index (κ3) is 8.18. The predicted molar refractivity (Wildman–Crippen MR) is 80.6 cm³/mol. The Morgan fingerprint density at radius 3 is 2.11 bits per heavy atom. The maximum absolute atomic E-state index is 6.05. The number of halogens is 2. The molecule has 18 heavy (non-hydrogen) atoms. The summed E-state index contributed by atoms with van der Waals surface area (Å²) in [4.78, 5) is 0. The molecule has 4 heteroatoms. The van der Waals surface area contributed by atoms with Gasteiger partial charge in [-0.05, 0) is 12.6 Å². The smallest absolute Gasteiger partial charge is 0.214 e. The van der Waals surface area contributed by atoms with Gasteiger partial charge in [0.15, 0.2) is 0 Å². The molecule has 1 atom stereocenters. The Labute approximate surface area is 131 Å². The third-order valence-electron chi connectivity index (χ3n) is 2.48. The van der Waals surface area contributed by atoms with E-state index in [1.807, 2.05) is 49.0 Å². The zero-order valence-electron chi connectivity index (χ0n) is 10.6. The topological polar surface area (TPSA) is 0 Å². The van der Waals surface area contributed by atoms with Gasteiger partial charge in [0.25, 0.3) is 0 Å². The van der Waals surface area contributed by atoms with E-state index in [1.54, 1.807) is 0 Å². The van der Waals surface area contributed by atoms with Crippen LogP contribution < -0.4 is 0 Å². The van der Waals surface area contributed by atoms with E-state index in [9.17, 15) is 0 Å². The fourth-order valence-corrected chi connectivity index (χ4v) is 4.39. The van der Waals surface area contributed by atoms with Crippen molar-refractivity contribution in [3.8, 4) is 0 Å². The molecule has 0 aliphatic carbocycles. The first-order chi connectivity index (χ1) is 7.99. The molecule has 0 saturated carbocycles. The van der Waals surface area contributed by atoms with Gasteiger partial charge in [0.2, 0.25) is 6.69 Å². The molecule has 0 heterocycles. The minimum Gasteiger partial charge on any atom is -0.214 e. The normalized spacial score (nSPS) is 12.0. The van der Waals surface area contributed by atoms with E-state index < -0.39 is 6.69 Å². The molecular formula is C14H18Cl2FeSi. The van der Waals surface area contributed by atoms with Crippen molar-refractivity contribution in [1.82, 2.24) is 0 Å². The monoisotopic (exact) mass is 340 g/mol. The van der Waals surface area contributed by atoms with E-state index in [0.717, 1.165) is 6.04 Å². The van der Waals surface area contributed by atoms with Crippen LogP contribution in [0.15, 0.2) is 54.6 Å². The van der Waals surface area contributed by atoms with Crippen LogP contribution in [0.2, 0.25) is 12.6 Å². The summed E-state index contributed by atoms with van der Waals surface area (Å²) >= 11 is 12.1. The van der Waals surface area contributed by atoms with Crippen LogP contribution in [0.3, 0.4) is 0 Å². The van der Waals surface area contributed by atoms with Crippen molar-refractivity contribution in [2.45, 2.75) is 25.4 Å². The number of rotatable bonds is 3. The van der Waals surface area contributed by atoms with Crippen LogP contribution >= 0.6 is 22.2 Å². The Hall–Kier alpha value is 0.0164. The summed E-state index contributed by atoms with van der Waals surface area (Å²) in [6.07, 6.45) is 0. The number of hydrogen-bond donors (Lipinski definition) is 0. The van der Waals surface area contributed by atoms with Crippen molar-refractivity contribution in [3.05, 3.63) is 60.2 Å². The van der Waals surface area contributed by atoms with E-state index in [-0.39, 0.29) is 17.1 Å². The van der Waals surface area contributed by atoms with Crippen LogP contribution in [0, 0.1) is 0 Å². The Morgan fingerprint density at radius 2 is 1.78 bits per heavy atom. The first-order valence-electron chi connectivity index (χ1n) is 5.75. The van der Waals surface area contributed by atoms with Crippen molar-refractivity contribution < 1.29 is 17.1 Å². The van der Waals surface area contributed by atoms with Crippen LogP contribution in [0.5, 0.6) is 0 Å². The summed E-state index contributed by atoms with van der Waals surface area (Å²) in [5.74, 6) is 0.492. The molecule has 100 valence electrons. The largest absolute Gasteiger partial charge is 2.00 e. The zero-order valence-corrected chi connectivity index (χ0v) is 14.2.